The van der Waals surface area contributed by atoms with Crippen LogP contribution in [0.3, 0.4) is 0 Å². The third kappa shape index (κ3) is 4.87. The van der Waals surface area contributed by atoms with Gasteiger partial charge < -0.3 is 29.5 Å². The summed E-state index contributed by atoms with van der Waals surface area (Å²) in [5.41, 5.74) is -0.0708. The average molecular weight is 577 g/mol. The van der Waals surface area contributed by atoms with Crippen molar-refractivity contribution in [2.24, 2.45) is 11.3 Å². The van der Waals surface area contributed by atoms with E-state index in [1.807, 2.05) is 22.6 Å². The zero-order valence-corrected chi connectivity index (χ0v) is 20.2. The standard InChI is InChI=1S/C14H22IN5O8P2/c1-7-8(20-6-17-10-11(16-3)18-13(15)19-12(10)20)4-9(28-30(24,25)26)14(7,2)5-27-29(21,22)23/h6-9H,4-5H2,1-3H3,(H,16,18,19)(H2,21,22,23)(H2,24,25,26)/t7-,8?,9+,14+/m1/s1. The number of hydrogen-bond donors (Lipinski definition) is 5. The highest BCUT2D eigenvalue weighted by molar-refractivity contribution is 14.1. The number of rotatable bonds is 7. The maximum absolute atomic E-state index is 11.5. The lowest BCUT2D eigenvalue weighted by atomic mass is 9.79. The summed E-state index contributed by atoms with van der Waals surface area (Å²) in [5.74, 6) is 0.160. The minimum atomic E-state index is -4.87. The van der Waals surface area contributed by atoms with Crippen molar-refractivity contribution >= 4 is 55.2 Å². The van der Waals surface area contributed by atoms with Gasteiger partial charge in [0.2, 0.25) is 0 Å². The van der Waals surface area contributed by atoms with Crippen LogP contribution in [0.2, 0.25) is 0 Å². The fourth-order valence-electron chi connectivity index (χ4n) is 3.86. The molecule has 1 saturated carbocycles. The molecule has 0 amide bonds. The van der Waals surface area contributed by atoms with Gasteiger partial charge >= 0.3 is 15.6 Å². The van der Waals surface area contributed by atoms with Crippen molar-refractivity contribution in [1.29, 1.82) is 0 Å². The van der Waals surface area contributed by atoms with Crippen LogP contribution < -0.4 is 5.32 Å². The Hall–Kier alpha value is -0.700. The molecule has 168 valence electrons. The van der Waals surface area contributed by atoms with Crippen molar-refractivity contribution in [1.82, 2.24) is 19.5 Å². The molecular weight excluding hydrogens is 555 g/mol. The highest BCUT2D eigenvalue weighted by Crippen LogP contribution is 2.57. The van der Waals surface area contributed by atoms with Crippen LogP contribution in [0.1, 0.15) is 26.3 Å². The van der Waals surface area contributed by atoms with Crippen molar-refractivity contribution in [2.45, 2.75) is 32.4 Å². The van der Waals surface area contributed by atoms with Crippen molar-refractivity contribution in [2.75, 3.05) is 19.0 Å². The number of imidazole rings is 1. The van der Waals surface area contributed by atoms with Crippen molar-refractivity contribution in [3.8, 4) is 0 Å². The minimum Gasteiger partial charge on any atom is -0.371 e. The Kier molecular flexibility index (Phi) is 6.66. The summed E-state index contributed by atoms with van der Waals surface area (Å²) in [4.78, 5) is 50.1. The lowest BCUT2D eigenvalue weighted by molar-refractivity contribution is -0.00377. The van der Waals surface area contributed by atoms with E-state index in [1.165, 1.54) is 0 Å². The Bertz CT molecular complexity index is 1040. The first kappa shape index (κ1) is 24.0. The molecule has 0 spiro atoms. The number of nitrogens with one attached hydrogen (secondary N) is 1. The van der Waals surface area contributed by atoms with Gasteiger partial charge in [-0.15, -0.1) is 0 Å². The minimum absolute atomic E-state index is 0.147. The molecule has 30 heavy (non-hydrogen) atoms. The fraction of sp³-hybridized carbons (Fsp3) is 0.643. The molecule has 5 N–H and O–H groups in total. The topological polar surface area (TPSA) is 189 Å². The third-order valence-corrected chi connectivity index (χ3v) is 7.08. The molecule has 0 radical (unpaired) electrons. The number of phosphoric ester groups is 2. The molecular formula is C14H22IN5O8P2. The first-order valence-corrected chi connectivity index (χ1v) is 12.9. The van der Waals surface area contributed by atoms with Crippen LogP contribution in [0, 0.1) is 15.2 Å². The number of hydrogen-bond acceptors (Lipinski definition) is 8. The predicted octanol–water partition coefficient (Wildman–Crippen LogP) is 1.65. The molecule has 1 unspecified atom stereocenters. The predicted molar refractivity (Wildman–Crippen MR) is 113 cm³/mol. The van der Waals surface area contributed by atoms with E-state index >= 15 is 0 Å². The second-order valence-electron chi connectivity index (χ2n) is 7.36. The number of anilines is 1. The summed E-state index contributed by atoms with van der Waals surface area (Å²) < 4.78 is 34.8. The third-order valence-electron chi connectivity index (χ3n) is 5.60. The molecule has 0 aromatic carbocycles. The van der Waals surface area contributed by atoms with Gasteiger partial charge in [-0.1, -0.05) is 13.8 Å². The summed E-state index contributed by atoms with van der Waals surface area (Å²) in [7, 11) is -7.96. The van der Waals surface area contributed by atoms with Gasteiger partial charge in [0.1, 0.15) is 0 Å². The molecule has 0 bridgehead atoms. The van der Waals surface area contributed by atoms with Gasteiger partial charge in [0, 0.05) is 41.1 Å². The van der Waals surface area contributed by atoms with E-state index in [4.69, 9.17) is 18.8 Å². The molecule has 2 aromatic rings. The largest absolute Gasteiger partial charge is 0.469 e. The summed E-state index contributed by atoms with van der Waals surface area (Å²) in [6, 6.07) is -0.382. The van der Waals surface area contributed by atoms with Crippen LogP contribution >= 0.6 is 38.2 Å². The van der Waals surface area contributed by atoms with Gasteiger partial charge in [0.25, 0.3) is 0 Å². The van der Waals surface area contributed by atoms with Crippen molar-refractivity contribution in [3.63, 3.8) is 0 Å². The Labute approximate surface area is 185 Å². The Morgan fingerprint density at radius 1 is 1.30 bits per heavy atom. The van der Waals surface area contributed by atoms with Gasteiger partial charge in [-0.3, -0.25) is 9.05 Å². The number of nitrogens with zero attached hydrogens (tertiary/aromatic N) is 4. The summed E-state index contributed by atoms with van der Waals surface area (Å²) in [5, 5.41) is 2.95. The van der Waals surface area contributed by atoms with E-state index in [0.717, 1.165) is 0 Å². The molecule has 16 heteroatoms. The smallest absolute Gasteiger partial charge is 0.371 e. The van der Waals surface area contributed by atoms with Crippen LogP contribution in [0.4, 0.5) is 5.82 Å². The maximum atomic E-state index is 11.5. The molecule has 13 nitrogen and oxygen atoms in total. The number of halogens is 1. The number of phosphoric acid groups is 2. The Morgan fingerprint density at radius 2 is 1.97 bits per heavy atom. The van der Waals surface area contributed by atoms with Gasteiger partial charge in [0.05, 0.1) is 19.0 Å². The highest BCUT2D eigenvalue weighted by Gasteiger charge is 2.54. The first-order valence-electron chi connectivity index (χ1n) is 8.77. The monoisotopic (exact) mass is 577 g/mol. The second-order valence-corrected chi connectivity index (χ2v) is 10.8. The summed E-state index contributed by atoms with van der Waals surface area (Å²) in [6.07, 6.45) is 0.669. The summed E-state index contributed by atoms with van der Waals surface area (Å²) in [6.45, 7) is 2.96. The van der Waals surface area contributed by atoms with Gasteiger partial charge in [0.15, 0.2) is 20.8 Å². The highest BCUT2D eigenvalue weighted by atomic mass is 127. The molecule has 1 aliphatic rings. The van der Waals surface area contributed by atoms with E-state index in [0.29, 0.717) is 20.8 Å². The quantitative estimate of drug-likeness (QED) is 0.182. The molecule has 3 rings (SSSR count). The molecule has 2 heterocycles. The van der Waals surface area contributed by atoms with E-state index < -0.39 is 33.8 Å². The molecule has 0 saturated heterocycles. The van der Waals surface area contributed by atoms with Crippen molar-refractivity contribution in [3.05, 3.63) is 10.2 Å². The fourth-order valence-corrected chi connectivity index (χ4v) is 5.44. The lowest BCUT2D eigenvalue weighted by Crippen LogP contribution is -2.38. The molecule has 1 fully saturated rings. The zero-order chi connectivity index (χ0) is 22.5. The van der Waals surface area contributed by atoms with E-state index in [-0.39, 0.29) is 18.4 Å². The Morgan fingerprint density at radius 3 is 2.53 bits per heavy atom. The van der Waals surface area contributed by atoms with Crippen LogP contribution in [-0.4, -0.2) is 58.9 Å². The molecule has 2 aromatic heterocycles. The van der Waals surface area contributed by atoms with Crippen LogP contribution in [0.15, 0.2) is 6.33 Å². The van der Waals surface area contributed by atoms with Gasteiger partial charge in [-0.25, -0.2) is 24.1 Å². The SMILES string of the molecule is CNc1nc(I)nc2c1ncn2C1C[C@H](OP(=O)(O)O)[C@@](C)(COP(=O)(O)O)[C@@H]1C. The van der Waals surface area contributed by atoms with Crippen LogP contribution in [-0.2, 0) is 18.2 Å². The molecule has 0 aliphatic heterocycles. The van der Waals surface area contributed by atoms with Gasteiger partial charge in [-0.2, -0.15) is 0 Å². The van der Waals surface area contributed by atoms with E-state index in [1.54, 1.807) is 31.8 Å². The second kappa shape index (κ2) is 8.34. The molecule has 4 atom stereocenters. The van der Waals surface area contributed by atoms with E-state index in [9.17, 15) is 18.9 Å². The normalized spacial score (nSPS) is 27.7. The maximum Gasteiger partial charge on any atom is 0.469 e. The van der Waals surface area contributed by atoms with E-state index in [2.05, 4.69) is 20.3 Å². The van der Waals surface area contributed by atoms with Crippen molar-refractivity contribution < 1.29 is 37.8 Å². The summed E-state index contributed by atoms with van der Waals surface area (Å²) >= 11 is 1.97. The first-order chi connectivity index (χ1) is 13.7. The lowest BCUT2D eigenvalue weighted by Gasteiger charge is -2.35. The van der Waals surface area contributed by atoms with Gasteiger partial charge in [-0.05, 0) is 12.3 Å². The molecule has 1 aliphatic carbocycles. The number of fused-ring (bicyclic) bond motifs is 1. The zero-order valence-electron chi connectivity index (χ0n) is 16.2. The van der Waals surface area contributed by atoms with Crippen LogP contribution in [0.25, 0.3) is 11.2 Å². The Balaban J connectivity index is 2.04. The average Bonchev–Trinajstić information content (AvgIpc) is 3.12. The number of aromatic nitrogens is 4. The van der Waals surface area contributed by atoms with Crippen LogP contribution in [0.5, 0.6) is 0 Å².